The van der Waals surface area contributed by atoms with Crippen molar-refractivity contribution in [3.63, 3.8) is 0 Å². The van der Waals surface area contributed by atoms with E-state index < -0.39 is 0 Å². The zero-order chi connectivity index (χ0) is 12.5. The summed E-state index contributed by atoms with van der Waals surface area (Å²) in [6.07, 6.45) is 3.33. The van der Waals surface area contributed by atoms with Crippen LogP contribution >= 0.6 is 11.6 Å². The second-order valence-electron chi connectivity index (χ2n) is 3.95. The largest absolute Gasteiger partial charge is 0.338 e. The van der Waals surface area contributed by atoms with Gasteiger partial charge in [0.15, 0.2) is 0 Å². The highest BCUT2D eigenvalue weighted by Crippen LogP contribution is 2.09. The van der Waals surface area contributed by atoms with Gasteiger partial charge in [0.1, 0.15) is 0 Å². The van der Waals surface area contributed by atoms with Crippen LogP contribution in [-0.4, -0.2) is 12.6 Å². The fourth-order valence-corrected chi connectivity index (χ4v) is 1.68. The van der Waals surface area contributed by atoms with Crippen LogP contribution in [0.3, 0.4) is 0 Å². The predicted octanol–water partition coefficient (Wildman–Crippen LogP) is 3.33. The zero-order valence-corrected chi connectivity index (χ0v) is 10.9. The van der Waals surface area contributed by atoms with Gasteiger partial charge in [-0.05, 0) is 24.1 Å². The maximum Gasteiger partial charge on any atom is 0.315 e. The van der Waals surface area contributed by atoms with Gasteiger partial charge in [-0.15, -0.1) is 0 Å². The summed E-state index contributed by atoms with van der Waals surface area (Å²) < 4.78 is 0. The number of benzene rings is 1. The van der Waals surface area contributed by atoms with Crippen molar-refractivity contribution >= 4 is 17.6 Å². The minimum atomic E-state index is -0.124. The lowest BCUT2D eigenvalue weighted by molar-refractivity contribution is 0.240. The highest BCUT2D eigenvalue weighted by molar-refractivity contribution is 6.30. The maximum absolute atomic E-state index is 11.4. The number of nitrogens with one attached hydrogen (secondary N) is 2. The van der Waals surface area contributed by atoms with Crippen LogP contribution in [0, 0.1) is 0 Å². The van der Waals surface area contributed by atoms with Gasteiger partial charge in [0, 0.05) is 18.1 Å². The van der Waals surface area contributed by atoms with Crippen molar-refractivity contribution in [1.29, 1.82) is 0 Å². The number of carbonyl (C=O) groups excluding carboxylic acids is 1. The van der Waals surface area contributed by atoms with E-state index in [1.165, 1.54) is 0 Å². The van der Waals surface area contributed by atoms with Crippen LogP contribution in [0.1, 0.15) is 31.7 Å². The number of unbranched alkanes of at least 4 members (excludes halogenated alkanes) is 2. The Labute approximate surface area is 108 Å². The third-order valence-corrected chi connectivity index (χ3v) is 2.64. The quantitative estimate of drug-likeness (QED) is 0.752. The summed E-state index contributed by atoms with van der Waals surface area (Å²) in [5.41, 5.74) is 1.00. The fraction of sp³-hybridized carbons (Fsp3) is 0.462. The molecule has 0 heterocycles. The number of amides is 2. The fourth-order valence-electron chi connectivity index (χ4n) is 1.47. The van der Waals surface area contributed by atoms with Crippen LogP contribution in [-0.2, 0) is 6.54 Å². The summed E-state index contributed by atoms with van der Waals surface area (Å²) in [6, 6.07) is 7.34. The van der Waals surface area contributed by atoms with Gasteiger partial charge in [0.2, 0.25) is 0 Å². The van der Waals surface area contributed by atoms with Crippen molar-refractivity contribution in [3.8, 4) is 0 Å². The molecular formula is C13H19ClN2O. The molecule has 0 aliphatic heterocycles. The van der Waals surface area contributed by atoms with Crippen molar-refractivity contribution in [2.24, 2.45) is 0 Å². The number of carbonyl (C=O) groups is 1. The Morgan fingerprint density at radius 1 is 1.29 bits per heavy atom. The molecule has 17 heavy (non-hydrogen) atoms. The molecule has 0 saturated carbocycles. The van der Waals surface area contributed by atoms with Crippen molar-refractivity contribution < 1.29 is 4.79 Å². The van der Waals surface area contributed by atoms with Crippen molar-refractivity contribution in [1.82, 2.24) is 10.6 Å². The summed E-state index contributed by atoms with van der Waals surface area (Å²) >= 11 is 5.85. The van der Waals surface area contributed by atoms with E-state index in [0.717, 1.165) is 31.4 Å². The van der Waals surface area contributed by atoms with E-state index in [2.05, 4.69) is 17.6 Å². The topological polar surface area (TPSA) is 41.1 Å². The molecular weight excluding hydrogens is 236 g/mol. The van der Waals surface area contributed by atoms with Gasteiger partial charge in [0.25, 0.3) is 0 Å². The van der Waals surface area contributed by atoms with Crippen molar-refractivity contribution in [2.45, 2.75) is 32.7 Å². The Morgan fingerprint density at radius 2 is 2.12 bits per heavy atom. The Balaban J connectivity index is 2.19. The molecule has 94 valence electrons. The molecule has 4 heteroatoms. The average molecular weight is 255 g/mol. The molecule has 2 N–H and O–H groups in total. The maximum atomic E-state index is 11.4. The van der Waals surface area contributed by atoms with E-state index in [0.29, 0.717) is 11.6 Å². The van der Waals surface area contributed by atoms with Crippen LogP contribution in [0.25, 0.3) is 0 Å². The molecule has 0 fully saturated rings. The first-order valence-corrected chi connectivity index (χ1v) is 6.36. The van der Waals surface area contributed by atoms with E-state index in [-0.39, 0.29) is 6.03 Å². The molecule has 1 rings (SSSR count). The molecule has 2 amide bonds. The van der Waals surface area contributed by atoms with Crippen LogP contribution in [0.15, 0.2) is 24.3 Å². The standard InChI is InChI=1S/C13H19ClN2O/c1-2-3-4-8-15-13(17)16-10-11-6-5-7-12(14)9-11/h5-7,9H,2-4,8,10H2,1H3,(H2,15,16,17). The minimum absolute atomic E-state index is 0.124. The number of hydrogen-bond acceptors (Lipinski definition) is 1. The summed E-state index contributed by atoms with van der Waals surface area (Å²) in [6.45, 7) is 3.37. The lowest BCUT2D eigenvalue weighted by Crippen LogP contribution is -2.35. The number of rotatable bonds is 6. The molecule has 0 bridgehead atoms. The lowest BCUT2D eigenvalue weighted by atomic mass is 10.2. The molecule has 0 atom stereocenters. The third-order valence-electron chi connectivity index (χ3n) is 2.41. The third kappa shape index (κ3) is 6.17. The van der Waals surface area contributed by atoms with Gasteiger partial charge in [0.05, 0.1) is 0 Å². The highest BCUT2D eigenvalue weighted by atomic mass is 35.5. The molecule has 3 nitrogen and oxygen atoms in total. The Kier molecular flexibility index (Phi) is 6.48. The monoisotopic (exact) mass is 254 g/mol. The van der Waals surface area contributed by atoms with E-state index >= 15 is 0 Å². The van der Waals surface area contributed by atoms with E-state index in [4.69, 9.17) is 11.6 Å². The molecule has 0 radical (unpaired) electrons. The van der Waals surface area contributed by atoms with Gasteiger partial charge in [-0.1, -0.05) is 43.5 Å². The molecule has 0 spiro atoms. The first-order valence-electron chi connectivity index (χ1n) is 5.98. The molecule has 0 aromatic heterocycles. The lowest BCUT2D eigenvalue weighted by Gasteiger charge is -2.07. The Morgan fingerprint density at radius 3 is 2.82 bits per heavy atom. The Hall–Kier alpha value is -1.22. The predicted molar refractivity (Wildman–Crippen MR) is 71.2 cm³/mol. The van der Waals surface area contributed by atoms with Gasteiger partial charge in [-0.2, -0.15) is 0 Å². The van der Waals surface area contributed by atoms with Crippen LogP contribution in [0.2, 0.25) is 5.02 Å². The van der Waals surface area contributed by atoms with E-state index in [9.17, 15) is 4.79 Å². The second-order valence-corrected chi connectivity index (χ2v) is 4.38. The number of halogens is 1. The first kappa shape index (κ1) is 13.8. The highest BCUT2D eigenvalue weighted by Gasteiger charge is 1.99. The normalized spacial score (nSPS) is 10.0. The van der Waals surface area contributed by atoms with Crippen molar-refractivity contribution in [2.75, 3.05) is 6.54 Å². The van der Waals surface area contributed by atoms with Gasteiger partial charge in [-0.25, -0.2) is 4.79 Å². The van der Waals surface area contributed by atoms with Crippen molar-refractivity contribution in [3.05, 3.63) is 34.9 Å². The SMILES string of the molecule is CCCCCNC(=O)NCc1cccc(Cl)c1. The number of urea groups is 1. The molecule has 0 aliphatic carbocycles. The molecule has 1 aromatic rings. The first-order chi connectivity index (χ1) is 8.22. The minimum Gasteiger partial charge on any atom is -0.338 e. The summed E-state index contributed by atoms with van der Waals surface area (Å²) in [5, 5.41) is 6.30. The molecule has 1 aromatic carbocycles. The molecule has 0 saturated heterocycles. The Bertz CT molecular complexity index is 355. The van der Waals surface area contributed by atoms with E-state index in [1.54, 1.807) is 0 Å². The summed E-state index contributed by atoms with van der Waals surface area (Å²) in [7, 11) is 0. The number of hydrogen-bond donors (Lipinski definition) is 2. The average Bonchev–Trinajstić information content (AvgIpc) is 2.32. The van der Waals surface area contributed by atoms with Crippen LogP contribution < -0.4 is 10.6 Å². The second kappa shape index (κ2) is 7.96. The molecule has 0 unspecified atom stereocenters. The summed E-state index contributed by atoms with van der Waals surface area (Å²) in [4.78, 5) is 11.4. The zero-order valence-electron chi connectivity index (χ0n) is 10.1. The molecule has 0 aliphatic rings. The smallest absolute Gasteiger partial charge is 0.315 e. The van der Waals surface area contributed by atoms with Gasteiger partial charge >= 0.3 is 6.03 Å². The van der Waals surface area contributed by atoms with E-state index in [1.807, 2.05) is 24.3 Å². The van der Waals surface area contributed by atoms with Crippen LogP contribution in [0.4, 0.5) is 4.79 Å². The van der Waals surface area contributed by atoms with Crippen LogP contribution in [0.5, 0.6) is 0 Å². The summed E-state index contributed by atoms with van der Waals surface area (Å²) in [5.74, 6) is 0. The van der Waals surface area contributed by atoms with Gasteiger partial charge in [-0.3, -0.25) is 0 Å². The van der Waals surface area contributed by atoms with Gasteiger partial charge < -0.3 is 10.6 Å².